The monoisotopic (exact) mass is 347 g/mol. The molecule has 1 aromatic carbocycles. The Morgan fingerprint density at radius 2 is 1.91 bits per heavy atom. The molecular formula is C17H17NO3S2. The predicted molar refractivity (Wildman–Crippen MR) is 95.3 cm³/mol. The standard InChI is InChI=1S/C17H17NO3S2/c1-20-13-6-3-7-14(21-2)16(13)17(19)18-8-10-23-15(18)11-12-5-4-9-22-12/h3-7,9,11H,8,10H2,1-2H3/b15-11+. The maximum absolute atomic E-state index is 13.1. The van der Waals surface area contributed by atoms with Crippen LogP contribution in [-0.4, -0.2) is 37.3 Å². The summed E-state index contributed by atoms with van der Waals surface area (Å²) in [5, 5.41) is 2.99. The molecule has 3 rings (SSSR count). The van der Waals surface area contributed by atoms with Crippen LogP contribution in [0, 0.1) is 0 Å². The fourth-order valence-electron chi connectivity index (χ4n) is 2.44. The molecule has 1 aliphatic rings. The molecular weight excluding hydrogens is 330 g/mol. The van der Waals surface area contributed by atoms with Crippen LogP contribution in [0.2, 0.25) is 0 Å². The highest BCUT2D eigenvalue weighted by atomic mass is 32.2. The van der Waals surface area contributed by atoms with Crippen molar-refractivity contribution in [2.24, 2.45) is 0 Å². The summed E-state index contributed by atoms with van der Waals surface area (Å²) in [6, 6.07) is 9.42. The van der Waals surface area contributed by atoms with Gasteiger partial charge in [0, 0.05) is 17.2 Å². The second kappa shape index (κ2) is 7.10. The van der Waals surface area contributed by atoms with Gasteiger partial charge in [-0.25, -0.2) is 0 Å². The summed E-state index contributed by atoms with van der Waals surface area (Å²) in [7, 11) is 3.12. The van der Waals surface area contributed by atoms with Gasteiger partial charge in [-0.1, -0.05) is 12.1 Å². The van der Waals surface area contributed by atoms with Gasteiger partial charge in [0.15, 0.2) is 0 Å². The second-order valence-electron chi connectivity index (χ2n) is 4.84. The molecule has 2 heterocycles. The van der Waals surface area contributed by atoms with E-state index < -0.39 is 0 Å². The molecule has 1 aromatic heterocycles. The minimum atomic E-state index is -0.0906. The lowest BCUT2D eigenvalue weighted by molar-refractivity contribution is 0.0824. The summed E-state index contributed by atoms with van der Waals surface area (Å²) in [6.45, 7) is 0.682. The van der Waals surface area contributed by atoms with E-state index in [1.165, 1.54) is 0 Å². The molecule has 0 N–H and O–H groups in total. The van der Waals surface area contributed by atoms with Crippen molar-refractivity contribution in [1.82, 2.24) is 4.90 Å². The molecule has 1 fully saturated rings. The number of methoxy groups -OCH3 is 2. The number of thiophene rings is 1. The van der Waals surface area contributed by atoms with Crippen LogP contribution in [0.4, 0.5) is 0 Å². The van der Waals surface area contributed by atoms with E-state index in [9.17, 15) is 4.79 Å². The summed E-state index contributed by atoms with van der Waals surface area (Å²) in [5.74, 6) is 1.86. The molecule has 0 radical (unpaired) electrons. The minimum absolute atomic E-state index is 0.0906. The van der Waals surface area contributed by atoms with Crippen molar-refractivity contribution < 1.29 is 14.3 Å². The predicted octanol–water partition coefficient (Wildman–Crippen LogP) is 3.95. The molecule has 0 unspecified atom stereocenters. The molecule has 0 saturated carbocycles. The van der Waals surface area contributed by atoms with Crippen molar-refractivity contribution in [2.75, 3.05) is 26.5 Å². The Morgan fingerprint density at radius 3 is 2.52 bits per heavy atom. The van der Waals surface area contributed by atoms with E-state index >= 15 is 0 Å². The number of hydrogen-bond donors (Lipinski definition) is 0. The number of carbonyl (C=O) groups is 1. The number of nitrogens with zero attached hydrogens (tertiary/aromatic N) is 1. The molecule has 0 aliphatic carbocycles. The van der Waals surface area contributed by atoms with Crippen LogP contribution >= 0.6 is 23.1 Å². The lowest BCUT2D eigenvalue weighted by atomic mass is 10.1. The van der Waals surface area contributed by atoms with E-state index in [2.05, 4.69) is 6.08 Å². The van der Waals surface area contributed by atoms with Gasteiger partial charge in [-0.05, 0) is 29.7 Å². The van der Waals surface area contributed by atoms with Crippen molar-refractivity contribution in [3.05, 3.63) is 51.2 Å². The molecule has 2 aromatic rings. The van der Waals surface area contributed by atoms with Gasteiger partial charge in [0.25, 0.3) is 5.91 Å². The first kappa shape index (κ1) is 16.0. The van der Waals surface area contributed by atoms with Gasteiger partial charge >= 0.3 is 0 Å². The molecule has 1 saturated heterocycles. The molecule has 0 bridgehead atoms. The van der Waals surface area contributed by atoms with Crippen molar-refractivity contribution in [1.29, 1.82) is 0 Å². The maximum Gasteiger partial charge on any atom is 0.266 e. The first-order chi connectivity index (χ1) is 11.2. The molecule has 6 heteroatoms. The number of amides is 1. The molecule has 4 nitrogen and oxygen atoms in total. The van der Waals surface area contributed by atoms with E-state index in [1.54, 1.807) is 54.4 Å². The van der Waals surface area contributed by atoms with Crippen molar-refractivity contribution >= 4 is 35.1 Å². The van der Waals surface area contributed by atoms with E-state index in [-0.39, 0.29) is 5.91 Å². The molecule has 1 amide bonds. The van der Waals surface area contributed by atoms with E-state index in [1.807, 2.05) is 23.6 Å². The minimum Gasteiger partial charge on any atom is -0.496 e. The molecule has 0 atom stereocenters. The molecule has 1 aliphatic heterocycles. The topological polar surface area (TPSA) is 38.8 Å². The zero-order chi connectivity index (χ0) is 16.2. The van der Waals surface area contributed by atoms with Crippen LogP contribution in [0.5, 0.6) is 11.5 Å². The Morgan fingerprint density at radius 1 is 1.17 bits per heavy atom. The Bertz CT molecular complexity index is 703. The van der Waals surface area contributed by atoms with Crippen molar-refractivity contribution in [3.63, 3.8) is 0 Å². The lowest BCUT2D eigenvalue weighted by Crippen LogP contribution is -2.27. The highest BCUT2D eigenvalue weighted by molar-refractivity contribution is 8.03. The van der Waals surface area contributed by atoms with Gasteiger partial charge in [-0.2, -0.15) is 0 Å². The van der Waals surface area contributed by atoms with E-state index in [0.29, 0.717) is 23.6 Å². The summed E-state index contributed by atoms with van der Waals surface area (Å²) in [5.41, 5.74) is 0.470. The van der Waals surface area contributed by atoms with Gasteiger partial charge in [0.05, 0.1) is 19.2 Å². The molecule has 0 spiro atoms. The van der Waals surface area contributed by atoms with Crippen LogP contribution in [-0.2, 0) is 0 Å². The van der Waals surface area contributed by atoms with Crippen molar-refractivity contribution in [3.8, 4) is 11.5 Å². The first-order valence-corrected chi connectivity index (χ1v) is 9.02. The highest BCUT2D eigenvalue weighted by Gasteiger charge is 2.29. The fourth-order valence-corrected chi connectivity index (χ4v) is 4.19. The molecule has 120 valence electrons. The third-order valence-corrected chi connectivity index (χ3v) is 5.37. The van der Waals surface area contributed by atoms with Gasteiger partial charge in [-0.3, -0.25) is 4.79 Å². The summed E-state index contributed by atoms with van der Waals surface area (Å²) >= 11 is 3.35. The average Bonchev–Trinajstić information content (AvgIpc) is 3.25. The van der Waals surface area contributed by atoms with Crippen LogP contribution < -0.4 is 9.47 Å². The van der Waals surface area contributed by atoms with Crippen LogP contribution in [0.15, 0.2) is 40.7 Å². The third-order valence-electron chi connectivity index (χ3n) is 3.53. The summed E-state index contributed by atoms with van der Waals surface area (Å²) in [4.78, 5) is 16.0. The Balaban J connectivity index is 1.97. The number of thioether (sulfide) groups is 1. The van der Waals surface area contributed by atoms with Crippen molar-refractivity contribution in [2.45, 2.75) is 0 Å². The quantitative estimate of drug-likeness (QED) is 0.839. The summed E-state index contributed by atoms with van der Waals surface area (Å²) < 4.78 is 10.7. The molecule has 23 heavy (non-hydrogen) atoms. The van der Waals surface area contributed by atoms with E-state index in [0.717, 1.165) is 15.7 Å². The van der Waals surface area contributed by atoms with Crippen LogP contribution in [0.3, 0.4) is 0 Å². The SMILES string of the molecule is COc1cccc(OC)c1C(=O)N1CCS/C1=C/c1cccs1. The largest absolute Gasteiger partial charge is 0.496 e. The number of hydrogen-bond acceptors (Lipinski definition) is 5. The third kappa shape index (κ3) is 3.23. The number of carbonyl (C=O) groups excluding carboxylic acids is 1. The number of rotatable bonds is 4. The number of ether oxygens (including phenoxy) is 2. The zero-order valence-electron chi connectivity index (χ0n) is 12.9. The zero-order valence-corrected chi connectivity index (χ0v) is 14.6. The van der Waals surface area contributed by atoms with Gasteiger partial charge in [-0.15, -0.1) is 23.1 Å². The normalized spacial score (nSPS) is 15.9. The summed E-state index contributed by atoms with van der Waals surface area (Å²) in [6.07, 6.45) is 2.06. The van der Waals surface area contributed by atoms with E-state index in [4.69, 9.17) is 9.47 Å². The Kier molecular flexibility index (Phi) is 4.93. The lowest BCUT2D eigenvalue weighted by Gasteiger charge is -2.20. The Hall–Kier alpha value is -1.92. The second-order valence-corrected chi connectivity index (χ2v) is 6.94. The highest BCUT2D eigenvalue weighted by Crippen LogP contribution is 2.36. The van der Waals surface area contributed by atoms with Gasteiger partial charge in [0.2, 0.25) is 0 Å². The maximum atomic E-state index is 13.1. The van der Waals surface area contributed by atoms with Crippen LogP contribution in [0.25, 0.3) is 6.08 Å². The fraction of sp³-hybridized carbons (Fsp3) is 0.235. The smallest absolute Gasteiger partial charge is 0.266 e. The Labute approximate surface area is 143 Å². The average molecular weight is 347 g/mol. The number of benzene rings is 1. The first-order valence-electron chi connectivity index (χ1n) is 7.15. The van der Waals surface area contributed by atoms with Crippen LogP contribution in [0.1, 0.15) is 15.2 Å². The van der Waals surface area contributed by atoms with Gasteiger partial charge in [0.1, 0.15) is 17.1 Å². The van der Waals surface area contributed by atoms with Gasteiger partial charge < -0.3 is 14.4 Å².